The van der Waals surface area contributed by atoms with Crippen molar-refractivity contribution >= 4 is 24.3 Å². The van der Waals surface area contributed by atoms with Crippen molar-refractivity contribution < 1.29 is 19.0 Å². The minimum atomic E-state index is -0.541. The Labute approximate surface area is 204 Å². The number of pyridine rings is 1. The van der Waals surface area contributed by atoms with Crippen molar-refractivity contribution in [3.05, 3.63) is 59.8 Å². The lowest BCUT2D eigenvalue weighted by molar-refractivity contribution is 0.0995. The van der Waals surface area contributed by atoms with Crippen LogP contribution in [0.3, 0.4) is 0 Å². The lowest BCUT2D eigenvalue weighted by Crippen LogP contribution is -2.27. The highest BCUT2D eigenvalue weighted by molar-refractivity contribution is 5.97. The zero-order chi connectivity index (χ0) is 23.2. The topological polar surface area (TPSA) is 121 Å². The van der Waals surface area contributed by atoms with Crippen LogP contribution in [0.1, 0.15) is 47.5 Å². The van der Waals surface area contributed by atoms with Gasteiger partial charge in [-0.1, -0.05) is 18.2 Å². The van der Waals surface area contributed by atoms with Crippen molar-refractivity contribution in [1.82, 2.24) is 15.0 Å². The number of hydrogen-bond donors (Lipinski definition) is 2. The predicted octanol–water partition coefficient (Wildman–Crippen LogP) is 4.34. The summed E-state index contributed by atoms with van der Waals surface area (Å²) in [4.78, 5) is 25.3. The number of nitrogens with two attached hydrogens (primary N) is 1. The highest BCUT2D eigenvalue weighted by Gasteiger charge is 2.28. The number of nitrogens with zero attached hydrogens (tertiary/aromatic N) is 3. The van der Waals surface area contributed by atoms with E-state index in [1.807, 2.05) is 36.4 Å². The molecule has 1 aliphatic rings. The molecule has 0 unspecified atom stereocenters. The second-order valence-corrected chi connectivity index (χ2v) is 7.83. The fraction of sp³-hybridized carbons (Fsp3) is 0.333. The Morgan fingerprint density at radius 2 is 1.65 bits per heavy atom. The van der Waals surface area contributed by atoms with Crippen LogP contribution >= 0.6 is 12.4 Å². The van der Waals surface area contributed by atoms with Crippen LogP contribution in [0.5, 0.6) is 23.4 Å². The third-order valence-corrected chi connectivity index (χ3v) is 5.75. The lowest BCUT2D eigenvalue weighted by atomic mass is 9.80. The number of anilines is 1. The molecule has 4 rings (SSSR count). The fourth-order valence-corrected chi connectivity index (χ4v) is 4.13. The zero-order valence-corrected chi connectivity index (χ0v) is 19.9. The lowest BCUT2D eigenvalue weighted by Gasteiger charge is -2.30. The van der Waals surface area contributed by atoms with E-state index in [0.29, 0.717) is 29.0 Å². The van der Waals surface area contributed by atoms with Crippen LogP contribution in [0.25, 0.3) is 0 Å². The summed E-state index contributed by atoms with van der Waals surface area (Å²) < 4.78 is 16.3. The number of methoxy groups -OCH3 is 2. The van der Waals surface area contributed by atoms with Crippen LogP contribution < -0.4 is 25.3 Å². The largest absolute Gasteiger partial charge is 0.481 e. The van der Waals surface area contributed by atoms with Crippen molar-refractivity contribution in [2.24, 2.45) is 5.73 Å². The first kappa shape index (κ1) is 25.0. The average Bonchev–Trinajstić information content (AvgIpc) is 2.84. The monoisotopic (exact) mass is 485 g/mol. The molecule has 9 nitrogen and oxygen atoms in total. The molecular formula is C24H28ClN5O4. The normalized spacial score (nSPS) is 17.2. The van der Waals surface area contributed by atoms with Gasteiger partial charge in [0.25, 0.3) is 5.91 Å². The molecule has 1 saturated carbocycles. The average molecular weight is 486 g/mol. The molecule has 0 radical (unpaired) electrons. The van der Waals surface area contributed by atoms with Gasteiger partial charge in [-0.2, -0.15) is 9.97 Å². The van der Waals surface area contributed by atoms with Gasteiger partial charge >= 0.3 is 0 Å². The maximum Gasteiger partial charge on any atom is 0.254 e. The molecule has 1 amide bonds. The molecule has 1 aliphatic carbocycles. The van der Waals surface area contributed by atoms with Gasteiger partial charge in [-0.15, -0.1) is 12.4 Å². The van der Waals surface area contributed by atoms with E-state index in [2.05, 4.69) is 20.3 Å². The standard InChI is InChI=1S/C24H27N5O4.ClH/c1-31-19-14-20(32-2)29-24(28-19)27-16-10-8-15(9-11-16)18-12-13-26-23(21(18)22(25)30)33-17-6-4-3-5-7-17;/h3-7,12-16H,8-11H2,1-2H3,(H2,25,30)(H,27,28,29);1H. The van der Waals surface area contributed by atoms with E-state index >= 15 is 0 Å². The molecule has 2 aromatic heterocycles. The predicted molar refractivity (Wildman–Crippen MR) is 130 cm³/mol. The first-order valence-corrected chi connectivity index (χ1v) is 10.8. The number of hydrogen-bond acceptors (Lipinski definition) is 8. The van der Waals surface area contributed by atoms with Gasteiger partial charge in [-0.25, -0.2) is 4.98 Å². The molecule has 1 fully saturated rings. The van der Waals surface area contributed by atoms with Crippen LogP contribution in [-0.4, -0.2) is 41.1 Å². The van der Waals surface area contributed by atoms with Gasteiger partial charge in [0, 0.05) is 12.2 Å². The minimum Gasteiger partial charge on any atom is -0.481 e. The number of amides is 1. The van der Waals surface area contributed by atoms with Crippen LogP contribution in [0.15, 0.2) is 48.7 Å². The van der Waals surface area contributed by atoms with Crippen molar-refractivity contribution in [3.63, 3.8) is 0 Å². The summed E-state index contributed by atoms with van der Waals surface area (Å²) in [6.07, 6.45) is 5.16. The van der Waals surface area contributed by atoms with E-state index in [1.165, 1.54) is 0 Å². The second-order valence-electron chi connectivity index (χ2n) is 7.83. The van der Waals surface area contributed by atoms with Gasteiger partial charge in [0.15, 0.2) is 0 Å². The van der Waals surface area contributed by atoms with Crippen LogP contribution in [0, 0.1) is 0 Å². The van der Waals surface area contributed by atoms with E-state index in [4.69, 9.17) is 19.9 Å². The molecular weight excluding hydrogens is 458 g/mol. The van der Waals surface area contributed by atoms with Crippen molar-refractivity contribution in [1.29, 1.82) is 0 Å². The Morgan fingerprint density at radius 3 is 2.24 bits per heavy atom. The molecule has 3 aromatic rings. The first-order valence-electron chi connectivity index (χ1n) is 10.8. The van der Waals surface area contributed by atoms with E-state index in [1.54, 1.807) is 26.5 Å². The Balaban J connectivity index is 0.00000324. The second kappa shape index (κ2) is 11.5. The van der Waals surface area contributed by atoms with Crippen LogP contribution in [-0.2, 0) is 0 Å². The summed E-state index contributed by atoms with van der Waals surface area (Å²) in [6.45, 7) is 0. The molecule has 34 heavy (non-hydrogen) atoms. The van der Waals surface area contributed by atoms with Crippen molar-refractivity contribution in [2.45, 2.75) is 37.6 Å². The molecule has 180 valence electrons. The highest BCUT2D eigenvalue weighted by atomic mass is 35.5. The molecule has 0 aliphatic heterocycles. The third-order valence-electron chi connectivity index (χ3n) is 5.75. The quantitative estimate of drug-likeness (QED) is 0.483. The number of halogens is 1. The van der Waals surface area contributed by atoms with E-state index in [9.17, 15) is 4.79 Å². The summed E-state index contributed by atoms with van der Waals surface area (Å²) >= 11 is 0. The molecule has 3 N–H and O–H groups in total. The number of nitrogens with one attached hydrogen (secondary N) is 1. The van der Waals surface area contributed by atoms with Crippen molar-refractivity contribution in [2.75, 3.05) is 19.5 Å². The molecule has 0 spiro atoms. The zero-order valence-electron chi connectivity index (χ0n) is 19.1. The summed E-state index contributed by atoms with van der Waals surface area (Å²) in [6, 6.07) is 12.9. The van der Waals surface area contributed by atoms with Gasteiger partial charge < -0.3 is 25.3 Å². The maximum absolute atomic E-state index is 12.4. The Hall–Kier alpha value is -3.59. The van der Waals surface area contributed by atoms with Crippen LogP contribution in [0.4, 0.5) is 5.95 Å². The molecule has 0 atom stereocenters. The summed E-state index contributed by atoms with van der Waals surface area (Å²) in [5, 5.41) is 3.37. The van der Waals surface area contributed by atoms with Gasteiger partial charge in [0.05, 0.1) is 20.3 Å². The summed E-state index contributed by atoms with van der Waals surface area (Å²) in [5.41, 5.74) is 6.97. The van der Waals surface area contributed by atoms with E-state index in [-0.39, 0.29) is 30.2 Å². The molecule has 0 saturated heterocycles. The summed E-state index contributed by atoms with van der Waals surface area (Å²) in [5.74, 6) is 1.82. The Bertz CT molecular complexity index is 1090. The smallest absolute Gasteiger partial charge is 0.254 e. The van der Waals surface area contributed by atoms with Gasteiger partial charge in [-0.3, -0.25) is 4.79 Å². The molecule has 2 heterocycles. The summed E-state index contributed by atoms with van der Waals surface area (Å²) in [7, 11) is 3.11. The number of benzene rings is 1. The number of ether oxygens (including phenoxy) is 3. The maximum atomic E-state index is 12.4. The number of primary amides is 1. The van der Waals surface area contributed by atoms with Crippen molar-refractivity contribution in [3.8, 4) is 23.4 Å². The van der Waals surface area contributed by atoms with Crippen LogP contribution in [0.2, 0.25) is 0 Å². The number of carbonyl (C=O) groups excluding carboxylic acids is 1. The molecule has 1 aromatic carbocycles. The number of rotatable bonds is 8. The van der Waals surface area contributed by atoms with Gasteiger partial charge in [-0.05, 0) is 55.4 Å². The number of carbonyl (C=O) groups is 1. The minimum absolute atomic E-state index is 0. The Kier molecular flexibility index (Phi) is 8.48. The van der Waals surface area contributed by atoms with Gasteiger partial charge in [0.2, 0.25) is 23.6 Å². The van der Waals surface area contributed by atoms with E-state index in [0.717, 1.165) is 31.2 Å². The third kappa shape index (κ3) is 5.85. The fourth-order valence-electron chi connectivity index (χ4n) is 4.13. The number of para-hydroxylation sites is 1. The number of aromatic nitrogens is 3. The molecule has 0 bridgehead atoms. The molecule has 10 heteroatoms. The first-order chi connectivity index (χ1) is 16.1. The SMILES string of the molecule is COc1cc(OC)nc(NC2CCC(c3ccnc(Oc4ccccc4)c3C(N)=O)CC2)n1.Cl. The van der Waals surface area contributed by atoms with E-state index < -0.39 is 5.91 Å². The van der Waals surface area contributed by atoms with Gasteiger partial charge in [0.1, 0.15) is 11.3 Å². The Morgan fingerprint density at radius 1 is 1.00 bits per heavy atom. The highest BCUT2D eigenvalue weighted by Crippen LogP contribution is 2.38.